The second-order valence-corrected chi connectivity index (χ2v) is 9.31. The van der Waals surface area contributed by atoms with Crippen LogP contribution >= 0.6 is 22.9 Å². The zero-order chi connectivity index (χ0) is 23.5. The molecule has 2 aromatic carbocycles. The molecule has 0 aliphatic carbocycles. The Bertz CT molecular complexity index is 1280. The lowest BCUT2D eigenvalue weighted by atomic mass is 10.2. The molecule has 8 heteroatoms. The van der Waals surface area contributed by atoms with Crippen molar-refractivity contribution < 1.29 is 14.0 Å². The zero-order valence-electron chi connectivity index (χ0n) is 18.2. The number of amides is 2. The monoisotopic (exact) mass is 491 g/mol. The van der Waals surface area contributed by atoms with Gasteiger partial charge in [0.15, 0.2) is 5.76 Å². The molecule has 1 aliphatic rings. The fourth-order valence-corrected chi connectivity index (χ4v) is 4.72. The van der Waals surface area contributed by atoms with E-state index in [1.165, 1.54) is 11.3 Å². The molecule has 1 fully saturated rings. The molecule has 172 valence electrons. The number of anilines is 2. The van der Waals surface area contributed by atoms with Gasteiger partial charge >= 0.3 is 0 Å². The average molecular weight is 492 g/mol. The summed E-state index contributed by atoms with van der Waals surface area (Å²) in [6.45, 7) is 2.90. The van der Waals surface area contributed by atoms with Crippen molar-refractivity contribution in [2.75, 3.05) is 36.4 Å². The van der Waals surface area contributed by atoms with Gasteiger partial charge in [0.05, 0.1) is 4.88 Å². The van der Waals surface area contributed by atoms with Gasteiger partial charge in [0, 0.05) is 48.1 Å². The number of furan rings is 1. The van der Waals surface area contributed by atoms with E-state index in [0.29, 0.717) is 29.6 Å². The maximum absolute atomic E-state index is 12.6. The van der Waals surface area contributed by atoms with Crippen LogP contribution in [0.1, 0.15) is 20.2 Å². The first-order valence-electron chi connectivity index (χ1n) is 10.9. The largest absolute Gasteiger partial charge is 0.451 e. The van der Waals surface area contributed by atoms with Gasteiger partial charge in [0.25, 0.3) is 11.8 Å². The molecule has 3 heterocycles. The minimum Gasteiger partial charge on any atom is -0.451 e. The van der Waals surface area contributed by atoms with Crippen LogP contribution in [0.5, 0.6) is 0 Å². The number of piperazine rings is 1. The van der Waals surface area contributed by atoms with Gasteiger partial charge in [-0.25, -0.2) is 0 Å². The summed E-state index contributed by atoms with van der Waals surface area (Å²) in [5.41, 5.74) is 2.60. The number of halogens is 1. The number of carbonyl (C=O) groups is 2. The molecule has 0 atom stereocenters. The van der Waals surface area contributed by atoms with Crippen LogP contribution in [0.25, 0.3) is 11.3 Å². The lowest BCUT2D eigenvalue weighted by molar-refractivity contribution is 0.0751. The van der Waals surface area contributed by atoms with Crippen LogP contribution in [0, 0.1) is 0 Å². The summed E-state index contributed by atoms with van der Waals surface area (Å²) in [5, 5.41) is 5.44. The minimum atomic E-state index is -0.311. The lowest BCUT2D eigenvalue weighted by Gasteiger charge is -2.36. The molecular weight excluding hydrogens is 470 g/mol. The predicted octanol–water partition coefficient (Wildman–Crippen LogP) is 5.88. The van der Waals surface area contributed by atoms with E-state index in [-0.39, 0.29) is 17.6 Å². The van der Waals surface area contributed by atoms with Gasteiger partial charge in [-0.3, -0.25) is 9.59 Å². The highest BCUT2D eigenvalue weighted by atomic mass is 35.5. The molecule has 5 rings (SSSR count). The van der Waals surface area contributed by atoms with E-state index in [9.17, 15) is 9.59 Å². The highest BCUT2D eigenvalue weighted by Gasteiger charge is 2.23. The Labute approximate surface area is 206 Å². The van der Waals surface area contributed by atoms with Crippen LogP contribution in [-0.2, 0) is 0 Å². The highest BCUT2D eigenvalue weighted by molar-refractivity contribution is 7.12. The SMILES string of the molecule is O=C(Nc1ccc(N2CCN(C(=O)c3cccs3)CC2)cc1)c1ccc(-c2ccc(Cl)cc2)o1. The first-order valence-corrected chi connectivity index (χ1v) is 12.2. The molecule has 0 saturated carbocycles. The average Bonchev–Trinajstić information content (AvgIpc) is 3.58. The number of benzene rings is 2. The van der Waals surface area contributed by atoms with Crippen molar-refractivity contribution >= 4 is 46.1 Å². The van der Waals surface area contributed by atoms with Gasteiger partial charge in [-0.2, -0.15) is 0 Å². The lowest BCUT2D eigenvalue weighted by Crippen LogP contribution is -2.48. The quantitative estimate of drug-likeness (QED) is 0.379. The fourth-order valence-electron chi connectivity index (χ4n) is 3.90. The van der Waals surface area contributed by atoms with Crippen LogP contribution < -0.4 is 10.2 Å². The molecule has 1 saturated heterocycles. The Morgan fingerprint density at radius 2 is 1.62 bits per heavy atom. The van der Waals surface area contributed by atoms with Crippen molar-refractivity contribution in [3.05, 3.63) is 93.8 Å². The van der Waals surface area contributed by atoms with Gasteiger partial charge in [-0.15, -0.1) is 11.3 Å². The number of hydrogen-bond acceptors (Lipinski definition) is 5. The van der Waals surface area contributed by atoms with Crippen molar-refractivity contribution in [3.8, 4) is 11.3 Å². The standard InChI is InChI=1S/C26H22ClN3O3S/c27-19-5-3-18(4-6-19)22-11-12-23(33-22)25(31)28-20-7-9-21(10-8-20)29-13-15-30(16-14-29)26(32)24-2-1-17-34-24/h1-12,17H,13-16H2,(H,28,31). The van der Waals surface area contributed by atoms with Crippen LogP contribution in [0.15, 0.2) is 82.6 Å². The maximum Gasteiger partial charge on any atom is 0.291 e. The molecule has 2 amide bonds. The zero-order valence-corrected chi connectivity index (χ0v) is 19.8. The fraction of sp³-hybridized carbons (Fsp3) is 0.154. The van der Waals surface area contributed by atoms with Crippen molar-refractivity contribution in [1.82, 2.24) is 4.90 Å². The smallest absolute Gasteiger partial charge is 0.291 e. The minimum absolute atomic E-state index is 0.102. The molecule has 0 unspecified atom stereocenters. The topological polar surface area (TPSA) is 65.8 Å². The molecule has 1 aliphatic heterocycles. The maximum atomic E-state index is 12.6. The van der Waals surface area contributed by atoms with E-state index >= 15 is 0 Å². The summed E-state index contributed by atoms with van der Waals surface area (Å²) >= 11 is 7.41. The van der Waals surface area contributed by atoms with E-state index in [4.69, 9.17) is 16.0 Å². The number of rotatable bonds is 5. The first-order chi connectivity index (χ1) is 16.6. The second kappa shape index (κ2) is 9.75. The van der Waals surface area contributed by atoms with Crippen LogP contribution in [0.2, 0.25) is 5.02 Å². The van der Waals surface area contributed by atoms with E-state index in [0.717, 1.165) is 29.2 Å². The Morgan fingerprint density at radius 3 is 2.29 bits per heavy atom. The Morgan fingerprint density at radius 1 is 0.882 bits per heavy atom. The Kier molecular flexibility index (Phi) is 6.38. The third-order valence-electron chi connectivity index (χ3n) is 5.75. The summed E-state index contributed by atoms with van der Waals surface area (Å²) in [5.74, 6) is 0.632. The summed E-state index contributed by atoms with van der Waals surface area (Å²) in [7, 11) is 0. The van der Waals surface area contributed by atoms with Gasteiger partial charge in [-0.05, 0) is 72.1 Å². The van der Waals surface area contributed by atoms with Gasteiger partial charge in [0.1, 0.15) is 5.76 Å². The normalized spacial score (nSPS) is 13.7. The summed E-state index contributed by atoms with van der Waals surface area (Å²) in [4.78, 5) is 30.1. The molecule has 0 spiro atoms. The van der Waals surface area contributed by atoms with Crippen molar-refractivity contribution in [1.29, 1.82) is 0 Å². The molecule has 2 aromatic heterocycles. The second-order valence-electron chi connectivity index (χ2n) is 7.93. The number of nitrogens with one attached hydrogen (secondary N) is 1. The van der Waals surface area contributed by atoms with Crippen molar-refractivity contribution in [2.45, 2.75) is 0 Å². The van der Waals surface area contributed by atoms with Crippen molar-refractivity contribution in [3.63, 3.8) is 0 Å². The highest BCUT2D eigenvalue weighted by Crippen LogP contribution is 2.25. The third-order valence-corrected chi connectivity index (χ3v) is 6.86. The van der Waals surface area contributed by atoms with Gasteiger partial charge < -0.3 is 19.5 Å². The van der Waals surface area contributed by atoms with E-state index < -0.39 is 0 Å². The third kappa shape index (κ3) is 4.85. The molecule has 4 aromatic rings. The number of hydrogen-bond donors (Lipinski definition) is 1. The van der Waals surface area contributed by atoms with Crippen molar-refractivity contribution in [2.24, 2.45) is 0 Å². The number of thiophene rings is 1. The molecule has 1 N–H and O–H groups in total. The summed E-state index contributed by atoms with van der Waals surface area (Å²) < 4.78 is 5.72. The Balaban J connectivity index is 1.17. The van der Waals surface area contributed by atoms with E-state index in [1.807, 2.05) is 58.8 Å². The molecule has 0 bridgehead atoms. The molecule has 34 heavy (non-hydrogen) atoms. The number of nitrogens with zero attached hydrogens (tertiary/aromatic N) is 2. The van der Waals surface area contributed by atoms with Gasteiger partial charge in [0.2, 0.25) is 0 Å². The summed E-state index contributed by atoms with van der Waals surface area (Å²) in [6, 6.07) is 22.2. The molecule has 0 radical (unpaired) electrons. The first kappa shape index (κ1) is 22.3. The molecule has 6 nitrogen and oxygen atoms in total. The van der Waals surface area contributed by atoms with Crippen LogP contribution in [0.3, 0.4) is 0 Å². The molecular formula is C26H22ClN3O3S. The van der Waals surface area contributed by atoms with E-state index in [2.05, 4.69) is 10.2 Å². The van der Waals surface area contributed by atoms with Crippen LogP contribution in [-0.4, -0.2) is 42.9 Å². The van der Waals surface area contributed by atoms with Gasteiger partial charge in [-0.1, -0.05) is 17.7 Å². The van der Waals surface area contributed by atoms with E-state index in [1.54, 1.807) is 24.3 Å². The Hall–Kier alpha value is -3.55. The number of carbonyl (C=O) groups excluding carboxylic acids is 2. The van der Waals surface area contributed by atoms with Crippen LogP contribution in [0.4, 0.5) is 11.4 Å². The predicted molar refractivity (Wildman–Crippen MR) is 136 cm³/mol. The summed E-state index contributed by atoms with van der Waals surface area (Å²) in [6.07, 6.45) is 0.